The number of amides is 1. The number of nitrogens with two attached hydrogens (primary N) is 1. The molecule has 1 saturated heterocycles. The van der Waals surface area contributed by atoms with Gasteiger partial charge in [0.1, 0.15) is 0 Å². The highest BCUT2D eigenvalue weighted by atomic mass is 16.1. The number of benzene rings is 1. The van der Waals surface area contributed by atoms with Gasteiger partial charge in [0.15, 0.2) is 11.5 Å². The second-order valence-corrected chi connectivity index (χ2v) is 8.36. The van der Waals surface area contributed by atoms with Crippen LogP contribution in [0.3, 0.4) is 0 Å². The minimum Gasteiger partial charge on any atom is -0.382 e. The van der Waals surface area contributed by atoms with Crippen LogP contribution in [0.2, 0.25) is 0 Å². The van der Waals surface area contributed by atoms with E-state index >= 15 is 0 Å². The molecule has 2 aromatic heterocycles. The Balaban J connectivity index is 1.47. The van der Waals surface area contributed by atoms with E-state index in [1.165, 1.54) is 12.4 Å². The number of carbonyl (C=O) groups is 1. The van der Waals surface area contributed by atoms with E-state index in [0.29, 0.717) is 32.1 Å². The Kier molecular flexibility index (Phi) is 7.47. The SMILES string of the molecule is N#C/N=C(\NCc1cccnc1)N1CCC(CNC(=O)c2nccnc2N)(c2ccccc2)CC1. The average molecular weight is 470 g/mol. The lowest BCUT2D eigenvalue weighted by atomic mass is 9.72. The van der Waals surface area contributed by atoms with Crippen molar-refractivity contribution in [2.24, 2.45) is 4.99 Å². The van der Waals surface area contributed by atoms with Crippen molar-refractivity contribution in [1.29, 1.82) is 5.26 Å². The van der Waals surface area contributed by atoms with Crippen molar-refractivity contribution in [3.8, 4) is 6.19 Å². The van der Waals surface area contributed by atoms with Crippen LogP contribution in [-0.2, 0) is 12.0 Å². The van der Waals surface area contributed by atoms with Crippen molar-refractivity contribution in [3.63, 3.8) is 0 Å². The number of guanidine groups is 1. The largest absolute Gasteiger partial charge is 0.382 e. The first-order chi connectivity index (χ1) is 17.1. The van der Waals surface area contributed by atoms with Crippen LogP contribution >= 0.6 is 0 Å². The standard InChI is InChI=1S/C25H27N9O/c26-18-33-24(31-16-19-5-4-10-28-15-19)34-13-8-25(9-14-34,20-6-2-1-3-7-20)17-32-23(35)21-22(27)30-12-11-29-21/h1-7,10-12,15H,8-9,13-14,16-17H2,(H2,27,30)(H,31,33)(H,32,35). The molecule has 0 radical (unpaired) electrons. The molecule has 1 aromatic carbocycles. The molecule has 0 atom stereocenters. The minimum atomic E-state index is -0.349. The molecule has 1 amide bonds. The van der Waals surface area contributed by atoms with Gasteiger partial charge in [-0.05, 0) is 30.0 Å². The Morgan fingerprint density at radius 3 is 2.54 bits per heavy atom. The van der Waals surface area contributed by atoms with E-state index in [1.54, 1.807) is 12.4 Å². The molecular formula is C25H27N9O. The maximum Gasteiger partial charge on any atom is 0.273 e. The van der Waals surface area contributed by atoms with Crippen LogP contribution in [0, 0.1) is 11.5 Å². The van der Waals surface area contributed by atoms with Crippen molar-refractivity contribution in [3.05, 3.63) is 84.1 Å². The van der Waals surface area contributed by atoms with Gasteiger partial charge in [-0.1, -0.05) is 36.4 Å². The first-order valence-electron chi connectivity index (χ1n) is 11.4. The van der Waals surface area contributed by atoms with Crippen LogP contribution in [-0.4, -0.2) is 51.4 Å². The number of nitriles is 1. The van der Waals surface area contributed by atoms with Crippen LogP contribution in [0.5, 0.6) is 0 Å². The zero-order valence-electron chi connectivity index (χ0n) is 19.3. The molecule has 1 aliphatic heterocycles. The summed E-state index contributed by atoms with van der Waals surface area (Å²) in [6.45, 7) is 2.27. The van der Waals surface area contributed by atoms with E-state index in [-0.39, 0.29) is 22.8 Å². The number of nitrogens with zero attached hydrogens (tertiary/aromatic N) is 6. The van der Waals surface area contributed by atoms with Gasteiger partial charge in [-0.25, -0.2) is 9.97 Å². The summed E-state index contributed by atoms with van der Waals surface area (Å²) >= 11 is 0. The molecule has 4 N–H and O–H groups in total. The van der Waals surface area contributed by atoms with E-state index in [2.05, 4.69) is 47.6 Å². The Morgan fingerprint density at radius 1 is 1.09 bits per heavy atom. The molecular weight excluding hydrogens is 442 g/mol. The number of aliphatic imine (C=N–C) groups is 1. The quantitative estimate of drug-likeness (QED) is 0.282. The Labute approximate surface area is 203 Å². The summed E-state index contributed by atoms with van der Waals surface area (Å²) in [5.74, 6) is 0.290. The Morgan fingerprint density at radius 2 is 1.86 bits per heavy atom. The van der Waals surface area contributed by atoms with Gasteiger partial charge in [-0.15, -0.1) is 4.99 Å². The molecule has 1 fully saturated rings. The van der Waals surface area contributed by atoms with Gasteiger partial charge in [0.2, 0.25) is 12.2 Å². The maximum atomic E-state index is 12.8. The zero-order chi connectivity index (χ0) is 24.5. The number of likely N-dealkylation sites (tertiary alicyclic amines) is 1. The fourth-order valence-corrected chi connectivity index (χ4v) is 4.32. The van der Waals surface area contributed by atoms with Crippen molar-refractivity contribution < 1.29 is 4.79 Å². The number of hydrogen-bond donors (Lipinski definition) is 3. The van der Waals surface area contributed by atoms with Crippen LogP contribution in [0.1, 0.15) is 34.5 Å². The number of aromatic nitrogens is 3. The molecule has 0 unspecified atom stereocenters. The highest BCUT2D eigenvalue weighted by Crippen LogP contribution is 2.35. The third-order valence-corrected chi connectivity index (χ3v) is 6.26. The fraction of sp³-hybridized carbons (Fsp3) is 0.280. The first-order valence-corrected chi connectivity index (χ1v) is 11.4. The summed E-state index contributed by atoms with van der Waals surface area (Å²) in [6, 6.07) is 14.0. The van der Waals surface area contributed by atoms with Gasteiger partial charge in [-0.3, -0.25) is 9.78 Å². The van der Waals surface area contributed by atoms with Gasteiger partial charge in [0.25, 0.3) is 5.91 Å². The number of anilines is 1. The van der Waals surface area contributed by atoms with E-state index in [0.717, 1.165) is 24.0 Å². The topological polar surface area (TPSA) is 145 Å². The Bertz CT molecular complexity index is 1200. The summed E-state index contributed by atoms with van der Waals surface area (Å²) in [7, 11) is 0. The predicted octanol–water partition coefficient (Wildman–Crippen LogP) is 1.84. The molecule has 0 bridgehead atoms. The third kappa shape index (κ3) is 5.70. The highest BCUT2D eigenvalue weighted by molar-refractivity contribution is 5.96. The lowest BCUT2D eigenvalue weighted by Gasteiger charge is -2.43. The number of piperidine rings is 1. The number of hydrogen-bond acceptors (Lipinski definition) is 7. The van der Waals surface area contributed by atoms with E-state index < -0.39 is 0 Å². The maximum absolute atomic E-state index is 12.8. The monoisotopic (exact) mass is 469 g/mol. The molecule has 0 spiro atoms. The minimum absolute atomic E-state index is 0.102. The fourth-order valence-electron chi connectivity index (χ4n) is 4.32. The van der Waals surface area contributed by atoms with Crippen molar-refractivity contribution in [2.75, 3.05) is 25.4 Å². The van der Waals surface area contributed by atoms with Gasteiger partial charge >= 0.3 is 0 Å². The van der Waals surface area contributed by atoms with E-state index in [9.17, 15) is 10.1 Å². The van der Waals surface area contributed by atoms with Gasteiger partial charge in [-0.2, -0.15) is 5.26 Å². The molecule has 4 rings (SSSR count). The van der Waals surface area contributed by atoms with Crippen LogP contribution in [0.15, 0.2) is 72.2 Å². The Hall–Kier alpha value is -4.52. The predicted molar refractivity (Wildman–Crippen MR) is 132 cm³/mol. The molecule has 10 heteroatoms. The second-order valence-electron chi connectivity index (χ2n) is 8.36. The van der Waals surface area contributed by atoms with Crippen LogP contribution in [0.25, 0.3) is 0 Å². The summed E-state index contributed by atoms with van der Waals surface area (Å²) < 4.78 is 0. The molecule has 0 aliphatic carbocycles. The first kappa shape index (κ1) is 23.6. The molecule has 3 aromatic rings. The summed E-state index contributed by atoms with van der Waals surface area (Å²) in [6.07, 6.45) is 9.82. The molecule has 35 heavy (non-hydrogen) atoms. The number of pyridine rings is 1. The van der Waals surface area contributed by atoms with Crippen LogP contribution < -0.4 is 16.4 Å². The lowest BCUT2D eigenvalue weighted by Crippen LogP contribution is -2.52. The van der Waals surface area contributed by atoms with Gasteiger partial charge < -0.3 is 21.3 Å². The second kappa shape index (κ2) is 11.1. The van der Waals surface area contributed by atoms with Gasteiger partial charge in [0.05, 0.1) is 0 Å². The normalized spacial score (nSPS) is 15.2. The summed E-state index contributed by atoms with van der Waals surface area (Å²) in [5.41, 5.74) is 7.82. The zero-order valence-corrected chi connectivity index (χ0v) is 19.3. The highest BCUT2D eigenvalue weighted by Gasteiger charge is 2.37. The number of rotatable bonds is 6. The number of nitrogens with one attached hydrogen (secondary N) is 2. The lowest BCUT2D eigenvalue weighted by molar-refractivity contribution is 0.0927. The number of nitrogen functional groups attached to an aromatic ring is 1. The van der Waals surface area contributed by atoms with Gasteiger partial charge in [0, 0.05) is 56.4 Å². The van der Waals surface area contributed by atoms with E-state index in [1.807, 2.05) is 36.5 Å². The molecule has 178 valence electrons. The summed E-state index contributed by atoms with van der Waals surface area (Å²) in [4.78, 5) is 31.0. The number of carbonyl (C=O) groups excluding carboxylic acids is 1. The third-order valence-electron chi connectivity index (χ3n) is 6.26. The van der Waals surface area contributed by atoms with Crippen molar-refractivity contribution in [1.82, 2.24) is 30.5 Å². The average Bonchev–Trinajstić information content (AvgIpc) is 2.91. The molecule has 0 saturated carbocycles. The van der Waals surface area contributed by atoms with Crippen molar-refractivity contribution >= 4 is 17.7 Å². The molecule has 10 nitrogen and oxygen atoms in total. The molecule has 1 aliphatic rings. The van der Waals surface area contributed by atoms with Crippen LogP contribution in [0.4, 0.5) is 5.82 Å². The van der Waals surface area contributed by atoms with Crippen molar-refractivity contribution in [2.45, 2.75) is 24.8 Å². The van der Waals surface area contributed by atoms with E-state index in [4.69, 9.17) is 5.73 Å². The smallest absolute Gasteiger partial charge is 0.273 e. The molecule has 3 heterocycles. The summed E-state index contributed by atoms with van der Waals surface area (Å²) in [5, 5.41) is 15.5.